The summed E-state index contributed by atoms with van der Waals surface area (Å²) in [4.78, 5) is 4.50. The van der Waals surface area contributed by atoms with Gasteiger partial charge in [0.1, 0.15) is 6.61 Å². The zero-order valence-electron chi connectivity index (χ0n) is 10.1. The average molecular weight is 267 g/mol. The van der Waals surface area contributed by atoms with Crippen LogP contribution in [0, 0.1) is 11.8 Å². The van der Waals surface area contributed by atoms with Gasteiger partial charge in [0.05, 0.1) is 24.2 Å². The lowest BCUT2D eigenvalue weighted by Crippen LogP contribution is -2.43. The van der Waals surface area contributed by atoms with Crippen molar-refractivity contribution in [2.45, 2.75) is 12.6 Å². The van der Waals surface area contributed by atoms with Crippen LogP contribution in [0.4, 0.5) is 0 Å². The maximum Gasteiger partial charge on any atom is 0.104 e. The number of hydrogen-bond donors (Lipinski definition) is 2. The Kier molecular flexibility index (Phi) is 5.17. The molecule has 2 heterocycles. The molecule has 0 bridgehead atoms. The number of aliphatic hydroxyl groups is 2. The molecule has 0 spiro atoms. The largest absolute Gasteiger partial charge is 0.394 e. The predicted molar refractivity (Wildman–Crippen MR) is 70.4 cm³/mol. The van der Waals surface area contributed by atoms with Gasteiger partial charge in [0.2, 0.25) is 0 Å². The molecule has 5 heteroatoms. The normalized spacial score (nSPS) is 20.4. The standard InChI is InChI=1S/C13H17NO3S/c15-6-1-2-12-3-4-13(18-12)9-14-5-7-17-11(8-14)10-16/h3-4,11,15-16H,5-10H2. The molecule has 1 atom stereocenters. The van der Waals surface area contributed by atoms with Crippen molar-refractivity contribution in [2.75, 3.05) is 32.9 Å². The van der Waals surface area contributed by atoms with E-state index in [0.717, 1.165) is 24.5 Å². The van der Waals surface area contributed by atoms with Crippen LogP contribution in [0.2, 0.25) is 0 Å². The fraction of sp³-hybridized carbons (Fsp3) is 0.538. The molecule has 2 rings (SSSR count). The van der Waals surface area contributed by atoms with Gasteiger partial charge in [-0.3, -0.25) is 4.90 Å². The minimum absolute atomic E-state index is 0.0626. The monoisotopic (exact) mass is 267 g/mol. The van der Waals surface area contributed by atoms with E-state index in [1.807, 2.05) is 6.07 Å². The summed E-state index contributed by atoms with van der Waals surface area (Å²) in [5.41, 5.74) is 0. The highest BCUT2D eigenvalue weighted by molar-refractivity contribution is 7.12. The number of aliphatic hydroxyl groups excluding tert-OH is 2. The van der Waals surface area contributed by atoms with Gasteiger partial charge in [-0.1, -0.05) is 11.8 Å². The van der Waals surface area contributed by atoms with Crippen molar-refractivity contribution in [2.24, 2.45) is 0 Å². The molecule has 0 amide bonds. The Morgan fingerprint density at radius 3 is 3.11 bits per heavy atom. The number of hydrogen-bond acceptors (Lipinski definition) is 5. The highest BCUT2D eigenvalue weighted by Crippen LogP contribution is 2.18. The van der Waals surface area contributed by atoms with Crippen LogP contribution in [0.3, 0.4) is 0 Å². The van der Waals surface area contributed by atoms with E-state index in [1.54, 1.807) is 11.3 Å². The summed E-state index contributed by atoms with van der Waals surface area (Å²) < 4.78 is 5.41. The van der Waals surface area contributed by atoms with Crippen LogP contribution in [-0.4, -0.2) is 54.1 Å². The molecule has 1 aliphatic rings. The number of ether oxygens (including phenoxy) is 1. The summed E-state index contributed by atoms with van der Waals surface area (Å²) in [6.07, 6.45) is -0.0626. The van der Waals surface area contributed by atoms with E-state index < -0.39 is 0 Å². The van der Waals surface area contributed by atoms with Gasteiger partial charge in [-0.15, -0.1) is 11.3 Å². The molecule has 0 radical (unpaired) electrons. The molecule has 4 nitrogen and oxygen atoms in total. The molecule has 1 fully saturated rings. The molecule has 1 saturated heterocycles. The smallest absolute Gasteiger partial charge is 0.104 e. The van der Waals surface area contributed by atoms with Crippen molar-refractivity contribution < 1.29 is 14.9 Å². The van der Waals surface area contributed by atoms with E-state index in [0.29, 0.717) is 6.61 Å². The second kappa shape index (κ2) is 6.88. The fourth-order valence-electron chi connectivity index (χ4n) is 1.91. The van der Waals surface area contributed by atoms with E-state index in [2.05, 4.69) is 22.8 Å². The van der Waals surface area contributed by atoms with E-state index in [-0.39, 0.29) is 19.3 Å². The van der Waals surface area contributed by atoms with Crippen LogP contribution in [-0.2, 0) is 11.3 Å². The first kappa shape index (κ1) is 13.5. The molecule has 2 N–H and O–H groups in total. The zero-order valence-corrected chi connectivity index (χ0v) is 10.9. The van der Waals surface area contributed by atoms with Gasteiger partial charge in [-0.2, -0.15) is 0 Å². The first-order chi connectivity index (χ1) is 8.81. The Morgan fingerprint density at radius 2 is 2.33 bits per heavy atom. The number of morpholine rings is 1. The zero-order chi connectivity index (χ0) is 12.8. The van der Waals surface area contributed by atoms with E-state index >= 15 is 0 Å². The van der Waals surface area contributed by atoms with Crippen molar-refractivity contribution >= 4 is 11.3 Å². The lowest BCUT2D eigenvalue weighted by molar-refractivity contribution is -0.0548. The molecule has 0 aromatic carbocycles. The molecule has 1 aromatic rings. The first-order valence-corrected chi connectivity index (χ1v) is 6.76. The minimum Gasteiger partial charge on any atom is -0.394 e. The number of nitrogens with zero attached hydrogens (tertiary/aromatic N) is 1. The van der Waals surface area contributed by atoms with Crippen LogP contribution in [0.1, 0.15) is 9.75 Å². The summed E-state index contributed by atoms with van der Waals surface area (Å²) in [6.45, 7) is 3.18. The lowest BCUT2D eigenvalue weighted by atomic mass is 10.2. The van der Waals surface area contributed by atoms with Crippen molar-refractivity contribution in [1.82, 2.24) is 4.90 Å². The third kappa shape index (κ3) is 3.80. The highest BCUT2D eigenvalue weighted by atomic mass is 32.1. The molecule has 18 heavy (non-hydrogen) atoms. The molecule has 1 aromatic heterocycles. The average Bonchev–Trinajstić information content (AvgIpc) is 2.84. The fourth-order valence-corrected chi connectivity index (χ4v) is 2.84. The molecular formula is C13H17NO3S. The van der Waals surface area contributed by atoms with Gasteiger partial charge < -0.3 is 14.9 Å². The van der Waals surface area contributed by atoms with Crippen LogP contribution in [0.15, 0.2) is 12.1 Å². The SMILES string of the molecule is OCC#Cc1ccc(CN2CCOC(CO)C2)s1. The Bertz CT molecular complexity index is 435. The Hall–Kier alpha value is -0.900. The van der Waals surface area contributed by atoms with Crippen molar-refractivity contribution in [3.05, 3.63) is 21.9 Å². The summed E-state index contributed by atoms with van der Waals surface area (Å²) in [7, 11) is 0. The molecular weight excluding hydrogens is 250 g/mol. The molecule has 98 valence electrons. The maximum atomic E-state index is 9.09. The Balaban J connectivity index is 1.90. The molecule has 1 unspecified atom stereocenters. The molecule has 0 saturated carbocycles. The van der Waals surface area contributed by atoms with E-state index in [1.165, 1.54) is 4.88 Å². The van der Waals surface area contributed by atoms with Crippen molar-refractivity contribution in [3.63, 3.8) is 0 Å². The predicted octanol–water partition coefficient (Wildman–Crippen LogP) is 0.285. The third-order valence-corrected chi connectivity index (χ3v) is 3.74. The topological polar surface area (TPSA) is 52.9 Å². The highest BCUT2D eigenvalue weighted by Gasteiger charge is 2.19. The van der Waals surface area contributed by atoms with Gasteiger partial charge in [0.25, 0.3) is 0 Å². The first-order valence-electron chi connectivity index (χ1n) is 5.95. The summed E-state index contributed by atoms with van der Waals surface area (Å²) >= 11 is 1.65. The summed E-state index contributed by atoms with van der Waals surface area (Å²) in [5.74, 6) is 5.55. The Morgan fingerprint density at radius 1 is 1.44 bits per heavy atom. The Labute approximate surface area is 111 Å². The molecule has 0 aliphatic carbocycles. The summed E-state index contributed by atoms with van der Waals surface area (Å²) in [6, 6.07) is 4.04. The quantitative estimate of drug-likeness (QED) is 0.773. The van der Waals surface area contributed by atoms with Gasteiger partial charge in [0, 0.05) is 24.5 Å². The third-order valence-electron chi connectivity index (χ3n) is 2.76. The van der Waals surface area contributed by atoms with Gasteiger partial charge in [-0.25, -0.2) is 0 Å². The van der Waals surface area contributed by atoms with Crippen LogP contribution in [0.5, 0.6) is 0 Å². The van der Waals surface area contributed by atoms with Crippen molar-refractivity contribution in [1.29, 1.82) is 0 Å². The second-order valence-corrected chi connectivity index (χ2v) is 5.30. The van der Waals surface area contributed by atoms with Crippen LogP contribution >= 0.6 is 11.3 Å². The minimum atomic E-state index is -0.102. The van der Waals surface area contributed by atoms with E-state index in [9.17, 15) is 0 Å². The second-order valence-electron chi connectivity index (χ2n) is 4.14. The van der Waals surface area contributed by atoms with Crippen LogP contribution < -0.4 is 0 Å². The van der Waals surface area contributed by atoms with Crippen molar-refractivity contribution in [3.8, 4) is 11.8 Å². The number of rotatable bonds is 3. The van der Waals surface area contributed by atoms with Crippen LogP contribution in [0.25, 0.3) is 0 Å². The molecule has 1 aliphatic heterocycles. The van der Waals surface area contributed by atoms with Gasteiger partial charge >= 0.3 is 0 Å². The number of thiophene rings is 1. The lowest BCUT2D eigenvalue weighted by Gasteiger charge is -2.31. The van der Waals surface area contributed by atoms with E-state index in [4.69, 9.17) is 14.9 Å². The maximum absolute atomic E-state index is 9.09. The van der Waals surface area contributed by atoms with Gasteiger partial charge in [-0.05, 0) is 12.1 Å². The summed E-state index contributed by atoms with van der Waals surface area (Å²) in [5, 5.41) is 17.7. The van der Waals surface area contributed by atoms with Gasteiger partial charge in [0.15, 0.2) is 0 Å².